The number of amides is 1. The van der Waals surface area contributed by atoms with E-state index < -0.39 is 0 Å². The van der Waals surface area contributed by atoms with Gasteiger partial charge in [-0.1, -0.05) is 24.3 Å². The molecule has 0 unspecified atom stereocenters. The maximum atomic E-state index is 12.2. The van der Waals surface area contributed by atoms with E-state index in [1.807, 2.05) is 42.5 Å². The summed E-state index contributed by atoms with van der Waals surface area (Å²) in [6.07, 6.45) is 7.55. The summed E-state index contributed by atoms with van der Waals surface area (Å²) in [4.78, 5) is 18.3. The second kappa shape index (κ2) is 3.45. The van der Waals surface area contributed by atoms with Crippen LogP contribution in [0.4, 0.5) is 5.69 Å². The highest BCUT2D eigenvalue weighted by Crippen LogP contribution is 2.25. The molecule has 0 saturated carbocycles. The molecule has 0 aromatic heterocycles. The summed E-state index contributed by atoms with van der Waals surface area (Å²) in [5.74, 6) is 0.0173. The summed E-state index contributed by atoms with van der Waals surface area (Å²) in [5.41, 5.74) is 2.25. The number of rotatable bonds is 0. The van der Waals surface area contributed by atoms with Crippen molar-refractivity contribution in [2.24, 2.45) is 4.99 Å². The van der Waals surface area contributed by atoms with Gasteiger partial charge in [-0.05, 0) is 18.2 Å². The highest BCUT2D eigenvalue weighted by molar-refractivity contribution is 6.05. The first-order valence-electron chi connectivity index (χ1n) is 5.18. The summed E-state index contributed by atoms with van der Waals surface area (Å²) >= 11 is 0. The Morgan fingerprint density at radius 2 is 2.12 bits per heavy atom. The molecule has 0 saturated heterocycles. The van der Waals surface area contributed by atoms with Crippen molar-refractivity contribution >= 4 is 17.8 Å². The Balaban J connectivity index is 2.16. The number of nitrogens with zero attached hydrogens (tertiary/aromatic N) is 2. The molecule has 1 amide bonds. The lowest BCUT2D eigenvalue weighted by Crippen LogP contribution is -2.31. The van der Waals surface area contributed by atoms with Crippen LogP contribution in [0.1, 0.15) is 10.4 Å². The van der Waals surface area contributed by atoms with E-state index >= 15 is 0 Å². The average Bonchev–Trinajstić information content (AvgIpc) is 2.49. The molecular formula is C13H10N2O. The van der Waals surface area contributed by atoms with E-state index in [9.17, 15) is 4.79 Å². The molecule has 2 aliphatic rings. The van der Waals surface area contributed by atoms with Crippen molar-refractivity contribution in [2.45, 2.75) is 0 Å². The molecule has 1 aromatic rings. The van der Waals surface area contributed by atoms with Gasteiger partial charge in [0.1, 0.15) is 0 Å². The van der Waals surface area contributed by atoms with Gasteiger partial charge in [0.25, 0.3) is 5.91 Å². The molecule has 2 aliphatic heterocycles. The first kappa shape index (κ1) is 9.09. The van der Waals surface area contributed by atoms with E-state index in [2.05, 4.69) is 4.99 Å². The van der Waals surface area contributed by atoms with E-state index in [0.29, 0.717) is 12.1 Å². The largest absolute Gasteiger partial charge is 0.303 e. The van der Waals surface area contributed by atoms with Crippen LogP contribution in [0, 0.1) is 0 Å². The minimum atomic E-state index is 0.0173. The molecule has 0 bridgehead atoms. The van der Waals surface area contributed by atoms with Crippen LogP contribution >= 0.6 is 0 Å². The molecule has 0 atom stereocenters. The molecule has 0 spiro atoms. The second-order valence-corrected chi connectivity index (χ2v) is 3.71. The summed E-state index contributed by atoms with van der Waals surface area (Å²) in [6.45, 7) is 0.616. The minimum Gasteiger partial charge on any atom is -0.303 e. The van der Waals surface area contributed by atoms with Crippen molar-refractivity contribution in [3.63, 3.8) is 0 Å². The third kappa shape index (κ3) is 1.29. The van der Waals surface area contributed by atoms with Gasteiger partial charge in [-0.2, -0.15) is 0 Å². The van der Waals surface area contributed by atoms with Crippen molar-refractivity contribution in [1.29, 1.82) is 0 Å². The number of hydrogen-bond acceptors (Lipinski definition) is 2. The van der Waals surface area contributed by atoms with Crippen LogP contribution < -0.4 is 0 Å². The SMILES string of the molecule is O=C1c2ccccc2N=CC2=CC=CCN12. The monoisotopic (exact) mass is 210 g/mol. The predicted octanol–water partition coefficient (Wildman–Crippen LogP) is 2.30. The Bertz CT molecular complexity index is 541. The molecule has 0 fully saturated rings. The van der Waals surface area contributed by atoms with Gasteiger partial charge in [-0.15, -0.1) is 0 Å². The summed E-state index contributed by atoms with van der Waals surface area (Å²) in [5, 5.41) is 0. The Kier molecular flexibility index (Phi) is 1.96. The maximum Gasteiger partial charge on any atom is 0.260 e. The van der Waals surface area contributed by atoms with Crippen LogP contribution in [0.5, 0.6) is 0 Å². The first-order chi connectivity index (χ1) is 7.86. The normalized spacial score (nSPS) is 17.6. The number of allylic oxidation sites excluding steroid dienone is 3. The van der Waals surface area contributed by atoms with E-state index in [4.69, 9.17) is 0 Å². The van der Waals surface area contributed by atoms with Gasteiger partial charge in [0.05, 0.1) is 23.2 Å². The predicted molar refractivity (Wildman–Crippen MR) is 62.9 cm³/mol. The van der Waals surface area contributed by atoms with Crippen molar-refractivity contribution in [1.82, 2.24) is 4.90 Å². The van der Waals surface area contributed by atoms with Crippen LogP contribution in [0.2, 0.25) is 0 Å². The molecule has 0 N–H and O–H groups in total. The zero-order valence-electron chi connectivity index (χ0n) is 8.63. The van der Waals surface area contributed by atoms with Gasteiger partial charge in [0.2, 0.25) is 0 Å². The maximum absolute atomic E-state index is 12.2. The summed E-state index contributed by atoms with van der Waals surface area (Å²) < 4.78 is 0. The van der Waals surface area contributed by atoms with Gasteiger partial charge in [0.15, 0.2) is 0 Å². The lowest BCUT2D eigenvalue weighted by Gasteiger charge is -2.22. The van der Waals surface area contributed by atoms with Gasteiger partial charge >= 0.3 is 0 Å². The zero-order valence-corrected chi connectivity index (χ0v) is 8.63. The standard InChI is InChI=1S/C13H10N2O/c16-13-11-6-1-2-7-12(11)14-9-10-5-3-4-8-15(10)13/h1-7,9H,8H2. The molecule has 16 heavy (non-hydrogen) atoms. The van der Waals surface area contributed by atoms with Crippen molar-refractivity contribution in [2.75, 3.05) is 6.54 Å². The molecule has 0 aliphatic carbocycles. The minimum absolute atomic E-state index is 0.0173. The van der Waals surface area contributed by atoms with Crippen LogP contribution in [-0.2, 0) is 0 Å². The first-order valence-corrected chi connectivity index (χ1v) is 5.18. The molecule has 3 rings (SSSR count). The number of hydrogen-bond donors (Lipinski definition) is 0. The van der Waals surface area contributed by atoms with Crippen LogP contribution in [0.25, 0.3) is 0 Å². The summed E-state index contributed by atoms with van der Waals surface area (Å²) in [7, 11) is 0. The topological polar surface area (TPSA) is 32.7 Å². The fraction of sp³-hybridized carbons (Fsp3) is 0.0769. The second-order valence-electron chi connectivity index (χ2n) is 3.71. The highest BCUT2D eigenvalue weighted by Gasteiger charge is 2.23. The Labute approximate surface area is 93.4 Å². The number of carbonyl (C=O) groups is 1. The third-order valence-corrected chi connectivity index (χ3v) is 2.72. The van der Waals surface area contributed by atoms with Crippen LogP contribution in [0.15, 0.2) is 53.2 Å². The number of carbonyl (C=O) groups excluding carboxylic acids is 1. The molecule has 3 heteroatoms. The van der Waals surface area contributed by atoms with Crippen LogP contribution in [0.3, 0.4) is 0 Å². The quantitative estimate of drug-likeness (QED) is 0.646. The number of aliphatic imine (C=N–C) groups is 1. The number of para-hydroxylation sites is 1. The molecule has 1 aromatic carbocycles. The van der Waals surface area contributed by atoms with Gasteiger partial charge in [-0.25, -0.2) is 0 Å². The van der Waals surface area contributed by atoms with Crippen molar-refractivity contribution in [3.05, 3.63) is 53.8 Å². The zero-order chi connectivity index (χ0) is 11.0. The fourth-order valence-corrected chi connectivity index (χ4v) is 1.89. The van der Waals surface area contributed by atoms with Gasteiger partial charge in [0, 0.05) is 6.54 Å². The van der Waals surface area contributed by atoms with E-state index in [-0.39, 0.29) is 5.91 Å². The molecule has 0 radical (unpaired) electrons. The Hall–Kier alpha value is -2.16. The van der Waals surface area contributed by atoms with E-state index in [1.165, 1.54) is 0 Å². The smallest absolute Gasteiger partial charge is 0.260 e. The molecular weight excluding hydrogens is 200 g/mol. The Morgan fingerprint density at radius 1 is 1.25 bits per heavy atom. The fourth-order valence-electron chi connectivity index (χ4n) is 1.89. The van der Waals surface area contributed by atoms with Gasteiger partial charge in [-0.3, -0.25) is 9.79 Å². The number of benzene rings is 1. The molecule has 78 valence electrons. The highest BCUT2D eigenvalue weighted by atomic mass is 16.2. The van der Waals surface area contributed by atoms with Crippen LogP contribution in [-0.4, -0.2) is 23.6 Å². The lowest BCUT2D eigenvalue weighted by molar-refractivity contribution is 0.0828. The summed E-state index contributed by atoms with van der Waals surface area (Å²) in [6, 6.07) is 7.42. The van der Waals surface area contributed by atoms with E-state index in [1.54, 1.807) is 11.1 Å². The average molecular weight is 210 g/mol. The van der Waals surface area contributed by atoms with Crippen molar-refractivity contribution < 1.29 is 4.79 Å². The van der Waals surface area contributed by atoms with Gasteiger partial charge < -0.3 is 4.90 Å². The van der Waals surface area contributed by atoms with Crippen molar-refractivity contribution in [3.8, 4) is 0 Å². The third-order valence-electron chi connectivity index (χ3n) is 2.72. The molecule has 2 heterocycles. The number of fused-ring (bicyclic) bond motifs is 2. The van der Waals surface area contributed by atoms with E-state index in [0.717, 1.165) is 11.4 Å². The lowest BCUT2D eigenvalue weighted by atomic mass is 10.1. The molecule has 3 nitrogen and oxygen atoms in total. The Morgan fingerprint density at radius 3 is 3.06 bits per heavy atom.